The number of hydrogen-bond acceptors (Lipinski definition) is 1. The molecule has 1 fully saturated rings. The molecule has 0 atom stereocenters. The van der Waals surface area contributed by atoms with E-state index in [9.17, 15) is 4.79 Å². The van der Waals surface area contributed by atoms with Crippen LogP contribution in [0.15, 0.2) is 11.6 Å². The van der Waals surface area contributed by atoms with Gasteiger partial charge in [-0.3, -0.25) is 0 Å². The van der Waals surface area contributed by atoms with Crippen LogP contribution in [0.2, 0.25) is 0 Å². The molecule has 0 aromatic heterocycles. The number of rotatable bonds is 1. The summed E-state index contributed by atoms with van der Waals surface area (Å²) < 4.78 is 0. The molecule has 1 spiro atoms. The molecule has 1 saturated carbocycles. The van der Waals surface area contributed by atoms with Gasteiger partial charge in [0.1, 0.15) is 0 Å². The lowest BCUT2D eigenvalue weighted by Crippen LogP contribution is -2.26. The SMILES string of the molecule is O=C(O)C1=CC2(CCCCC2)CCC1. The molecule has 0 saturated heterocycles. The lowest BCUT2D eigenvalue weighted by Gasteiger charge is -2.37. The van der Waals surface area contributed by atoms with Gasteiger partial charge in [-0.15, -0.1) is 0 Å². The third-order valence-electron chi connectivity index (χ3n) is 3.73. The molecule has 0 aliphatic heterocycles. The Balaban J connectivity index is 2.18. The van der Waals surface area contributed by atoms with E-state index in [0.29, 0.717) is 5.57 Å². The predicted molar refractivity (Wildman–Crippen MR) is 55.1 cm³/mol. The first-order chi connectivity index (χ1) is 6.72. The molecule has 1 N–H and O–H groups in total. The molecule has 2 nitrogen and oxygen atoms in total. The van der Waals surface area contributed by atoms with Gasteiger partial charge in [-0.05, 0) is 37.5 Å². The molecular weight excluding hydrogens is 176 g/mol. The Morgan fingerprint density at radius 3 is 2.43 bits per heavy atom. The lowest BCUT2D eigenvalue weighted by molar-refractivity contribution is -0.133. The Hall–Kier alpha value is -0.790. The third kappa shape index (κ3) is 1.84. The fourth-order valence-electron chi connectivity index (χ4n) is 2.96. The zero-order valence-corrected chi connectivity index (χ0v) is 8.59. The maximum Gasteiger partial charge on any atom is 0.331 e. The minimum absolute atomic E-state index is 0.268. The van der Waals surface area contributed by atoms with E-state index in [1.807, 2.05) is 0 Å². The Morgan fingerprint density at radius 2 is 1.79 bits per heavy atom. The van der Waals surface area contributed by atoms with Gasteiger partial charge in [0.25, 0.3) is 0 Å². The van der Waals surface area contributed by atoms with Gasteiger partial charge in [-0.2, -0.15) is 0 Å². The van der Waals surface area contributed by atoms with E-state index in [1.165, 1.54) is 38.5 Å². The van der Waals surface area contributed by atoms with Gasteiger partial charge in [0.15, 0.2) is 0 Å². The van der Waals surface area contributed by atoms with Gasteiger partial charge in [0.2, 0.25) is 0 Å². The summed E-state index contributed by atoms with van der Waals surface area (Å²) in [5.74, 6) is -0.699. The van der Waals surface area contributed by atoms with E-state index in [-0.39, 0.29) is 5.41 Å². The first-order valence-electron chi connectivity index (χ1n) is 5.67. The highest BCUT2D eigenvalue weighted by Gasteiger charge is 2.33. The predicted octanol–water partition coefficient (Wildman–Crippen LogP) is 3.13. The average Bonchev–Trinajstić information content (AvgIpc) is 2.19. The van der Waals surface area contributed by atoms with Crippen LogP contribution in [0.5, 0.6) is 0 Å². The van der Waals surface area contributed by atoms with Crippen LogP contribution in [-0.4, -0.2) is 11.1 Å². The van der Waals surface area contributed by atoms with Crippen molar-refractivity contribution in [3.8, 4) is 0 Å². The lowest BCUT2D eigenvalue weighted by atomic mass is 9.67. The van der Waals surface area contributed by atoms with Crippen LogP contribution in [0.4, 0.5) is 0 Å². The molecule has 0 heterocycles. The summed E-state index contributed by atoms with van der Waals surface area (Å²) in [6.07, 6.45) is 11.5. The zero-order chi connectivity index (χ0) is 10.0. The molecule has 2 rings (SSSR count). The highest BCUT2D eigenvalue weighted by Crippen LogP contribution is 2.45. The first kappa shape index (κ1) is 9.75. The van der Waals surface area contributed by atoms with E-state index in [1.54, 1.807) is 0 Å². The molecule has 0 aromatic carbocycles. The Morgan fingerprint density at radius 1 is 1.14 bits per heavy atom. The molecule has 2 aliphatic carbocycles. The van der Waals surface area contributed by atoms with Gasteiger partial charge in [0.05, 0.1) is 0 Å². The fourth-order valence-corrected chi connectivity index (χ4v) is 2.96. The van der Waals surface area contributed by atoms with E-state index < -0.39 is 5.97 Å². The van der Waals surface area contributed by atoms with Crippen LogP contribution in [0, 0.1) is 5.41 Å². The summed E-state index contributed by atoms with van der Waals surface area (Å²) in [4.78, 5) is 10.9. The number of carbonyl (C=O) groups is 1. The Kier molecular flexibility index (Phi) is 2.62. The molecule has 0 amide bonds. The van der Waals surface area contributed by atoms with Gasteiger partial charge >= 0.3 is 5.97 Å². The van der Waals surface area contributed by atoms with Gasteiger partial charge in [-0.1, -0.05) is 25.3 Å². The summed E-state index contributed by atoms with van der Waals surface area (Å²) >= 11 is 0. The zero-order valence-electron chi connectivity index (χ0n) is 8.59. The van der Waals surface area contributed by atoms with Crippen molar-refractivity contribution >= 4 is 5.97 Å². The molecule has 0 aromatic rings. The summed E-state index contributed by atoms with van der Waals surface area (Å²) in [5.41, 5.74) is 0.933. The highest BCUT2D eigenvalue weighted by atomic mass is 16.4. The fraction of sp³-hybridized carbons (Fsp3) is 0.750. The number of carboxylic acid groups (broad SMARTS) is 1. The maximum atomic E-state index is 10.9. The Bertz CT molecular complexity index is 259. The van der Waals surface area contributed by atoms with Gasteiger partial charge < -0.3 is 5.11 Å². The number of aliphatic carboxylic acids is 1. The third-order valence-corrected chi connectivity index (χ3v) is 3.73. The van der Waals surface area contributed by atoms with Crippen LogP contribution < -0.4 is 0 Å². The molecule has 0 radical (unpaired) electrons. The number of allylic oxidation sites excluding steroid dienone is 1. The van der Waals surface area contributed by atoms with Crippen molar-refractivity contribution in [3.63, 3.8) is 0 Å². The summed E-state index contributed by atoms with van der Waals surface area (Å²) in [5, 5.41) is 8.98. The van der Waals surface area contributed by atoms with Gasteiger partial charge in [0, 0.05) is 5.57 Å². The molecule has 2 heteroatoms. The van der Waals surface area contributed by atoms with Crippen molar-refractivity contribution < 1.29 is 9.90 Å². The van der Waals surface area contributed by atoms with Crippen molar-refractivity contribution in [3.05, 3.63) is 11.6 Å². The van der Waals surface area contributed by atoms with Crippen molar-refractivity contribution in [1.82, 2.24) is 0 Å². The van der Waals surface area contributed by atoms with Crippen molar-refractivity contribution in [1.29, 1.82) is 0 Å². The first-order valence-corrected chi connectivity index (χ1v) is 5.67. The molecule has 0 unspecified atom stereocenters. The second kappa shape index (κ2) is 3.76. The molecular formula is C12H18O2. The topological polar surface area (TPSA) is 37.3 Å². The van der Waals surface area contributed by atoms with Crippen molar-refractivity contribution in [2.75, 3.05) is 0 Å². The quantitative estimate of drug-likeness (QED) is 0.696. The molecule has 0 bridgehead atoms. The second-order valence-corrected chi connectivity index (χ2v) is 4.75. The molecule has 78 valence electrons. The molecule has 14 heavy (non-hydrogen) atoms. The molecule has 2 aliphatic rings. The average molecular weight is 194 g/mol. The van der Waals surface area contributed by atoms with Crippen LogP contribution in [0.1, 0.15) is 51.4 Å². The van der Waals surface area contributed by atoms with Crippen LogP contribution in [0.25, 0.3) is 0 Å². The van der Waals surface area contributed by atoms with Crippen LogP contribution >= 0.6 is 0 Å². The van der Waals surface area contributed by atoms with E-state index in [2.05, 4.69) is 6.08 Å². The minimum Gasteiger partial charge on any atom is -0.478 e. The summed E-state index contributed by atoms with van der Waals surface area (Å²) in [6.45, 7) is 0. The summed E-state index contributed by atoms with van der Waals surface area (Å²) in [7, 11) is 0. The standard InChI is InChI=1S/C12H18O2/c13-11(14)10-5-4-8-12(9-10)6-2-1-3-7-12/h9H,1-8H2,(H,13,14). The van der Waals surface area contributed by atoms with E-state index >= 15 is 0 Å². The van der Waals surface area contributed by atoms with Gasteiger partial charge in [-0.25, -0.2) is 4.79 Å². The number of carboxylic acids is 1. The van der Waals surface area contributed by atoms with Crippen LogP contribution in [-0.2, 0) is 4.79 Å². The van der Waals surface area contributed by atoms with Crippen LogP contribution in [0.3, 0.4) is 0 Å². The van der Waals surface area contributed by atoms with Crippen molar-refractivity contribution in [2.45, 2.75) is 51.4 Å². The normalized spacial score (nSPS) is 25.9. The van der Waals surface area contributed by atoms with E-state index in [0.717, 1.165) is 12.8 Å². The largest absolute Gasteiger partial charge is 0.478 e. The monoisotopic (exact) mass is 194 g/mol. The number of hydrogen-bond donors (Lipinski definition) is 1. The van der Waals surface area contributed by atoms with Crippen molar-refractivity contribution in [2.24, 2.45) is 5.41 Å². The highest BCUT2D eigenvalue weighted by molar-refractivity contribution is 5.86. The summed E-state index contributed by atoms with van der Waals surface area (Å²) in [6, 6.07) is 0. The smallest absolute Gasteiger partial charge is 0.331 e. The van der Waals surface area contributed by atoms with E-state index in [4.69, 9.17) is 5.11 Å². The minimum atomic E-state index is -0.699. The Labute approximate surface area is 85.0 Å². The maximum absolute atomic E-state index is 10.9. The second-order valence-electron chi connectivity index (χ2n) is 4.75.